The molecule has 3 N–H and O–H groups in total. The molecule has 0 bridgehead atoms. The predicted octanol–water partition coefficient (Wildman–Crippen LogP) is 1.34. The zero-order valence-electron chi connectivity index (χ0n) is 10.0. The second kappa shape index (κ2) is 4.72. The molecule has 1 aliphatic rings. The molecule has 0 aromatic carbocycles. The third-order valence-corrected chi connectivity index (χ3v) is 3.40. The summed E-state index contributed by atoms with van der Waals surface area (Å²) >= 11 is 0. The molecule has 0 aromatic heterocycles. The van der Waals surface area contributed by atoms with Crippen molar-refractivity contribution in [2.75, 3.05) is 0 Å². The van der Waals surface area contributed by atoms with Gasteiger partial charge < -0.3 is 15.7 Å². The maximum Gasteiger partial charge on any atom is 0.329 e. The second-order valence-electron chi connectivity index (χ2n) is 4.51. The standard InChI is InChI=1S/C11H20N2O3/c1-4-11(5-2,9(14)15)13-10(16)12-8-6-7(8)3/h7-8H,4-6H2,1-3H3,(H,14,15)(H2,12,13,16). The van der Waals surface area contributed by atoms with Crippen LogP contribution in [0.15, 0.2) is 0 Å². The topological polar surface area (TPSA) is 78.4 Å². The van der Waals surface area contributed by atoms with Crippen molar-refractivity contribution in [1.82, 2.24) is 10.6 Å². The molecule has 92 valence electrons. The van der Waals surface area contributed by atoms with Crippen LogP contribution in [0.2, 0.25) is 0 Å². The number of carboxylic acid groups (broad SMARTS) is 1. The summed E-state index contributed by atoms with van der Waals surface area (Å²) in [4.78, 5) is 22.7. The zero-order valence-corrected chi connectivity index (χ0v) is 10.0. The van der Waals surface area contributed by atoms with Crippen molar-refractivity contribution >= 4 is 12.0 Å². The molecule has 1 saturated carbocycles. The van der Waals surface area contributed by atoms with E-state index in [9.17, 15) is 9.59 Å². The molecule has 0 spiro atoms. The molecule has 5 nitrogen and oxygen atoms in total. The Labute approximate surface area is 95.6 Å². The number of carboxylic acids is 1. The lowest BCUT2D eigenvalue weighted by molar-refractivity contribution is -0.144. The van der Waals surface area contributed by atoms with E-state index in [1.165, 1.54) is 0 Å². The van der Waals surface area contributed by atoms with Crippen molar-refractivity contribution in [3.63, 3.8) is 0 Å². The van der Waals surface area contributed by atoms with E-state index in [1.54, 1.807) is 13.8 Å². The Morgan fingerprint density at radius 3 is 2.19 bits per heavy atom. The molecule has 0 saturated heterocycles. The van der Waals surface area contributed by atoms with Crippen molar-refractivity contribution in [2.24, 2.45) is 5.92 Å². The van der Waals surface area contributed by atoms with Gasteiger partial charge in [-0.05, 0) is 25.2 Å². The van der Waals surface area contributed by atoms with Gasteiger partial charge in [-0.25, -0.2) is 9.59 Å². The molecule has 2 atom stereocenters. The van der Waals surface area contributed by atoms with E-state index < -0.39 is 11.5 Å². The third-order valence-electron chi connectivity index (χ3n) is 3.40. The first-order chi connectivity index (χ1) is 7.45. The smallest absolute Gasteiger partial charge is 0.329 e. The summed E-state index contributed by atoms with van der Waals surface area (Å²) in [5, 5.41) is 14.5. The van der Waals surface area contributed by atoms with E-state index in [0.717, 1.165) is 6.42 Å². The second-order valence-corrected chi connectivity index (χ2v) is 4.51. The van der Waals surface area contributed by atoms with Gasteiger partial charge in [0.25, 0.3) is 0 Å². The van der Waals surface area contributed by atoms with Crippen LogP contribution in [0.4, 0.5) is 4.79 Å². The van der Waals surface area contributed by atoms with Crippen LogP contribution in [0, 0.1) is 5.92 Å². The normalized spacial score (nSPS) is 23.7. The van der Waals surface area contributed by atoms with E-state index in [-0.39, 0.29) is 12.1 Å². The minimum Gasteiger partial charge on any atom is -0.480 e. The van der Waals surface area contributed by atoms with Gasteiger partial charge in [-0.15, -0.1) is 0 Å². The van der Waals surface area contributed by atoms with Crippen LogP contribution in [-0.2, 0) is 4.79 Å². The Balaban J connectivity index is 2.54. The molecular formula is C11H20N2O3. The largest absolute Gasteiger partial charge is 0.480 e. The minimum atomic E-state index is -1.14. The summed E-state index contributed by atoms with van der Waals surface area (Å²) in [6.07, 6.45) is 1.74. The van der Waals surface area contributed by atoms with Gasteiger partial charge in [0.1, 0.15) is 5.54 Å². The van der Waals surface area contributed by atoms with E-state index in [4.69, 9.17) is 5.11 Å². The molecule has 1 rings (SSSR count). The number of aliphatic carboxylic acids is 1. The molecule has 2 amide bonds. The van der Waals surface area contributed by atoms with Gasteiger partial charge in [-0.1, -0.05) is 20.8 Å². The molecule has 0 aromatic rings. The number of nitrogens with one attached hydrogen (secondary N) is 2. The summed E-state index contributed by atoms with van der Waals surface area (Å²) < 4.78 is 0. The van der Waals surface area contributed by atoms with E-state index >= 15 is 0 Å². The lowest BCUT2D eigenvalue weighted by atomic mass is 9.93. The fraction of sp³-hybridized carbons (Fsp3) is 0.818. The predicted molar refractivity (Wildman–Crippen MR) is 60.2 cm³/mol. The number of hydrogen-bond acceptors (Lipinski definition) is 2. The lowest BCUT2D eigenvalue weighted by Crippen LogP contribution is -2.56. The van der Waals surface area contributed by atoms with Crippen molar-refractivity contribution < 1.29 is 14.7 Å². The summed E-state index contributed by atoms with van der Waals surface area (Å²) in [5.74, 6) is -0.468. The third kappa shape index (κ3) is 2.65. The van der Waals surface area contributed by atoms with Gasteiger partial charge in [0.2, 0.25) is 0 Å². The van der Waals surface area contributed by atoms with Crippen LogP contribution in [0.1, 0.15) is 40.0 Å². The molecule has 2 unspecified atom stereocenters. The summed E-state index contributed by atoms with van der Waals surface area (Å²) in [7, 11) is 0. The molecular weight excluding hydrogens is 208 g/mol. The quantitative estimate of drug-likeness (QED) is 0.664. The Morgan fingerprint density at radius 2 is 1.88 bits per heavy atom. The van der Waals surface area contributed by atoms with Gasteiger partial charge in [0.05, 0.1) is 0 Å². The fourth-order valence-corrected chi connectivity index (χ4v) is 1.73. The van der Waals surface area contributed by atoms with Gasteiger partial charge in [-0.2, -0.15) is 0 Å². The van der Waals surface area contributed by atoms with Crippen molar-refractivity contribution in [1.29, 1.82) is 0 Å². The highest BCUT2D eigenvalue weighted by Crippen LogP contribution is 2.29. The maximum absolute atomic E-state index is 11.6. The van der Waals surface area contributed by atoms with Crippen molar-refractivity contribution in [3.05, 3.63) is 0 Å². The van der Waals surface area contributed by atoms with Gasteiger partial charge in [-0.3, -0.25) is 0 Å². The molecule has 1 aliphatic carbocycles. The minimum absolute atomic E-state index is 0.209. The monoisotopic (exact) mass is 228 g/mol. The SMILES string of the molecule is CCC(CC)(NC(=O)NC1CC1C)C(=O)O. The number of hydrogen-bond donors (Lipinski definition) is 3. The Kier molecular flexibility index (Phi) is 3.78. The first-order valence-electron chi connectivity index (χ1n) is 5.77. The zero-order chi connectivity index (χ0) is 12.3. The number of urea groups is 1. The van der Waals surface area contributed by atoms with Crippen LogP contribution < -0.4 is 10.6 Å². The maximum atomic E-state index is 11.6. The van der Waals surface area contributed by atoms with Crippen LogP contribution in [0.3, 0.4) is 0 Å². The van der Waals surface area contributed by atoms with Crippen LogP contribution in [0.5, 0.6) is 0 Å². The Hall–Kier alpha value is -1.26. The average Bonchev–Trinajstić information content (AvgIpc) is 2.90. The highest BCUT2D eigenvalue weighted by atomic mass is 16.4. The molecule has 0 heterocycles. The molecule has 16 heavy (non-hydrogen) atoms. The molecule has 1 fully saturated rings. The molecule has 5 heteroatoms. The van der Waals surface area contributed by atoms with Crippen LogP contribution in [0.25, 0.3) is 0 Å². The van der Waals surface area contributed by atoms with Crippen LogP contribution in [-0.4, -0.2) is 28.7 Å². The van der Waals surface area contributed by atoms with Gasteiger partial charge in [0.15, 0.2) is 0 Å². The van der Waals surface area contributed by atoms with Gasteiger partial charge in [0, 0.05) is 6.04 Å². The van der Waals surface area contributed by atoms with E-state index in [0.29, 0.717) is 18.8 Å². The van der Waals surface area contributed by atoms with Crippen molar-refractivity contribution in [3.8, 4) is 0 Å². The first-order valence-corrected chi connectivity index (χ1v) is 5.77. The van der Waals surface area contributed by atoms with Crippen LogP contribution >= 0.6 is 0 Å². The lowest BCUT2D eigenvalue weighted by Gasteiger charge is -2.28. The highest BCUT2D eigenvalue weighted by Gasteiger charge is 2.39. The summed E-state index contributed by atoms with van der Waals surface area (Å²) in [5.41, 5.74) is -1.14. The van der Waals surface area contributed by atoms with E-state index in [2.05, 4.69) is 17.6 Å². The summed E-state index contributed by atoms with van der Waals surface area (Å²) in [6.45, 7) is 5.57. The fourth-order valence-electron chi connectivity index (χ4n) is 1.73. The Bertz CT molecular complexity index is 287. The number of carbonyl (C=O) groups excluding carboxylic acids is 1. The molecule has 0 radical (unpaired) electrons. The number of amides is 2. The Morgan fingerprint density at radius 1 is 1.38 bits per heavy atom. The van der Waals surface area contributed by atoms with Gasteiger partial charge >= 0.3 is 12.0 Å². The average molecular weight is 228 g/mol. The number of carbonyl (C=O) groups is 2. The highest BCUT2D eigenvalue weighted by molar-refractivity contribution is 5.86. The number of rotatable bonds is 5. The summed E-state index contributed by atoms with van der Waals surface area (Å²) in [6, 6.07) is -0.166. The molecule has 0 aliphatic heterocycles. The van der Waals surface area contributed by atoms with E-state index in [1.807, 2.05) is 0 Å². The first kappa shape index (κ1) is 12.8. The van der Waals surface area contributed by atoms with Crippen molar-refractivity contribution in [2.45, 2.75) is 51.6 Å².